The van der Waals surface area contributed by atoms with E-state index in [9.17, 15) is 0 Å². The van der Waals surface area contributed by atoms with E-state index < -0.39 is 0 Å². The lowest BCUT2D eigenvalue weighted by atomic mass is 9.49. The number of hydrogen-bond donors (Lipinski definition) is 2. The van der Waals surface area contributed by atoms with Crippen LogP contribution in [0.3, 0.4) is 0 Å². The Morgan fingerprint density at radius 3 is 1.37 bits per heavy atom. The highest BCUT2D eigenvalue weighted by atomic mass is 35.5. The van der Waals surface area contributed by atoms with Crippen molar-refractivity contribution in [2.24, 2.45) is 22.7 Å². The first-order valence-electron chi connectivity index (χ1n) is 18.6. The monoisotopic (exact) mass is 668 g/mol. The average molecular weight is 670 g/mol. The molecule has 0 bridgehead atoms. The van der Waals surface area contributed by atoms with Gasteiger partial charge in [0.2, 0.25) is 0 Å². The minimum atomic E-state index is 0. The molecule has 2 N–H and O–H groups in total. The molecule has 0 unspecified atom stereocenters. The van der Waals surface area contributed by atoms with E-state index in [1.54, 1.807) is 22.3 Å². The van der Waals surface area contributed by atoms with E-state index in [0.717, 1.165) is 38.0 Å². The first kappa shape index (κ1) is 37.8. The predicted octanol–water partition coefficient (Wildman–Crippen LogP) is 10.7. The van der Waals surface area contributed by atoms with Gasteiger partial charge >= 0.3 is 0 Å². The Hall–Kier alpha value is -1.06. The van der Waals surface area contributed by atoms with Gasteiger partial charge in [-0.1, -0.05) is 105 Å². The van der Waals surface area contributed by atoms with Crippen LogP contribution in [-0.4, -0.2) is 26.2 Å². The van der Waals surface area contributed by atoms with Crippen LogP contribution in [0.15, 0.2) is 36.4 Å². The molecular formula is C42H66Cl2N2. The molecule has 2 aromatic rings. The first-order valence-corrected chi connectivity index (χ1v) is 18.6. The van der Waals surface area contributed by atoms with Gasteiger partial charge in [-0.05, 0) is 130 Å². The second-order valence-electron chi connectivity index (χ2n) is 17.5. The Kier molecular flexibility index (Phi) is 11.8. The van der Waals surface area contributed by atoms with Gasteiger partial charge in [0.25, 0.3) is 0 Å². The minimum absolute atomic E-state index is 0. The Morgan fingerprint density at radius 2 is 1.00 bits per heavy atom. The van der Waals surface area contributed by atoms with Gasteiger partial charge in [-0.2, -0.15) is 0 Å². The Labute approximate surface area is 295 Å². The van der Waals surface area contributed by atoms with Crippen molar-refractivity contribution in [1.29, 1.82) is 0 Å². The van der Waals surface area contributed by atoms with Crippen LogP contribution in [0.2, 0.25) is 0 Å². The molecule has 2 aromatic carbocycles. The van der Waals surface area contributed by atoms with E-state index in [1.807, 2.05) is 0 Å². The number of rotatable bonds is 9. The molecule has 258 valence electrons. The standard InChI is InChI=1S/C42H64N2.2ClH/c1-29(2)31-11-15-35-33(25-31)13-17-37-39(5,19-9-21-41(35,37)7)27-43-23-24-44-28-40(6)20-10-22-42(8)36-16-12-32(30(3)4)26-34(36)14-18-38(40)42;;/h11-12,15-16,25-26,29-30,37-38,43-44H,9-10,13-14,17-24,27-28H2,1-8H3;2*1H/t37-,38-,39-,40-,41+,42+;;/m0../s1. The highest BCUT2D eigenvalue weighted by Gasteiger charge is 2.52. The molecule has 4 heteroatoms. The molecule has 0 amide bonds. The van der Waals surface area contributed by atoms with E-state index in [0.29, 0.717) is 33.5 Å². The summed E-state index contributed by atoms with van der Waals surface area (Å²) in [5, 5.41) is 7.95. The Bertz CT molecular complexity index is 1240. The van der Waals surface area contributed by atoms with Crippen molar-refractivity contribution in [3.63, 3.8) is 0 Å². The number of benzene rings is 2. The van der Waals surface area contributed by atoms with Crippen LogP contribution < -0.4 is 10.6 Å². The molecule has 6 rings (SSSR count). The van der Waals surface area contributed by atoms with Crippen LogP contribution in [0.5, 0.6) is 0 Å². The zero-order chi connectivity index (χ0) is 31.3. The molecule has 4 aliphatic rings. The Balaban J connectivity index is 0.00000240. The normalized spacial score (nSPS) is 33.3. The van der Waals surface area contributed by atoms with E-state index in [4.69, 9.17) is 0 Å². The maximum absolute atomic E-state index is 3.97. The molecule has 2 fully saturated rings. The van der Waals surface area contributed by atoms with E-state index in [1.165, 1.54) is 75.3 Å². The molecule has 6 atom stereocenters. The average Bonchev–Trinajstić information content (AvgIpc) is 2.98. The fourth-order valence-electron chi connectivity index (χ4n) is 11.4. The van der Waals surface area contributed by atoms with Crippen molar-refractivity contribution in [3.05, 3.63) is 69.8 Å². The van der Waals surface area contributed by atoms with Crippen LogP contribution in [0.1, 0.15) is 152 Å². The summed E-state index contributed by atoms with van der Waals surface area (Å²) in [4.78, 5) is 0. The molecule has 0 heterocycles. The number of halogens is 2. The van der Waals surface area contributed by atoms with Gasteiger partial charge < -0.3 is 10.6 Å². The molecule has 2 saturated carbocycles. The third kappa shape index (κ3) is 6.73. The molecule has 0 saturated heterocycles. The van der Waals surface area contributed by atoms with E-state index in [2.05, 4.69) is 102 Å². The summed E-state index contributed by atoms with van der Waals surface area (Å²) in [6, 6.07) is 15.0. The fourth-order valence-corrected chi connectivity index (χ4v) is 11.4. The number of fused-ring (bicyclic) bond motifs is 6. The summed E-state index contributed by atoms with van der Waals surface area (Å²) in [5.41, 5.74) is 11.1. The quantitative estimate of drug-likeness (QED) is 0.260. The fraction of sp³-hybridized carbons (Fsp3) is 0.714. The first-order chi connectivity index (χ1) is 20.9. The Morgan fingerprint density at radius 1 is 0.609 bits per heavy atom. The topological polar surface area (TPSA) is 24.1 Å². The van der Waals surface area contributed by atoms with Crippen molar-refractivity contribution < 1.29 is 0 Å². The van der Waals surface area contributed by atoms with Crippen LogP contribution in [0.4, 0.5) is 0 Å². The number of nitrogens with one attached hydrogen (secondary N) is 2. The summed E-state index contributed by atoms with van der Waals surface area (Å²) in [6.07, 6.45) is 13.4. The lowest BCUT2D eigenvalue weighted by Crippen LogP contribution is -2.54. The van der Waals surface area contributed by atoms with Gasteiger partial charge in [-0.15, -0.1) is 24.8 Å². The smallest absolute Gasteiger partial charge is 0.00769 e. The minimum Gasteiger partial charge on any atom is -0.315 e. The maximum Gasteiger partial charge on any atom is 0.00769 e. The van der Waals surface area contributed by atoms with Crippen molar-refractivity contribution in [1.82, 2.24) is 10.6 Å². The van der Waals surface area contributed by atoms with E-state index in [-0.39, 0.29) is 24.8 Å². The third-order valence-corrected chi connectivity index (χ3v) is 13.9. The molecule has 4 aliphatic carbocycles. The van der Waals surface area contributed by atoms with Crippen molar-refractivity contribution in [2.45, 2.75) is 142 Å². The van der Waals surface area contributed by atoms with Crippen LogP contribution in [0.25, 0.3) is 0 Å². The lowest BCUT2D eigenvalue weighted by molar-refractivity contribution is 0.0234. The van der Waals surface area contributed by atoms with Crippen molar-refractivity contribution in [2.75, 3.05) is 26.2 Å². The molecule has 0 spiro atoms. The van der Waals surface area contributed by atoms with Gasteiger partial charge in [0.1, 0.15) is 0 Å². The third-order valence-electron chi connectivity index (χ3n) is 13.9. The summed E-state index contributed by atoms with van der Waals surface area (Å²) in [6.45, 7) is 24.2. The molecular weight excluding hydrogens is 603 g/mol. The zero-order valence-corrected chi connectivity index (χ0v) is 32.1. The van der Waals surface area contributed by atoms with E-state index >= 15 is 0 Å². The molecule has 0 aliphatic heterocycles. The summed E-state index contributed by atoms with van der Waals surface area (Å²) >= 11 is 0. The van der Waals surface area contributed by atoms with Gasteiger partial charge in [0, 0.05) is 26.2 Å². The number of hydrogen-bond acceptors (Lipinski definition) is 2. The van der Waals surface area contributed by atoms with Gasteiger partial charge in [-0.3, -0.25) is 0 Å². The van der Waals surface area contributed by atoms with Gasteiger partial charge in [-0.25, -0.2) is 0 Å². The summed E-state index contributed by atoms with van der Waals surface area (Å²) in [7, 11) is 0. The largest absolute Gasteiger partial charge is 0.315 e. The zero-order valence-electron chi connectivity index (χ0n) is 30.5. The predicted molar refractivity (Wildman–Crippen MR) is 204 cm³/mol. The molecule has 46 heavy (non-hydrogen) atoms. The summed E-state index contributed by atoms with van der Waals surface area (Å²) < 4.78 is 0. The molecule has 0 aromatic heterocycles. The molecule has 2 nitrogen and oxygen atoms in total. The second kappa shape index (κ2) is 14.4. The van der Waals surface area contributed by atoms with Crippen molar-refractivity contribution >= 4 is 24.8 Å². The lowest BCUT2D eigenvalue weighted by Gasteiger charge is -2.56. The SMILES string of the molecule is CC(C)c1ccc2c(c1)CC[C@H]1[C@](C)(CNCCNC[C@]3(C)CCC[C@]4(C)c5ccc(C(C)C)cc5CC[C@@H]34)CCC[C@]21C.Cl.Cl. The van der Waals surface area contributed by atoms with Crippen LogP contribution >= 0.6 is 24.8 Å². The highest BCUT2D eigenvalue weighted by Crippen LogP contribution is 2.58. The molecule has 0 radical (unpaired) electrons. The van der Waals surface area contributed by atoms with Crippen molar-refractivity contribution in [3.8, 4) is 0 Å². The van der Waals surface area contributed by atoms with Crippen LogP contribution in [0, 0.1) is 22.7 Å². The maximum atomic E-state index is 3.97. The number of aryl methyl sites for hydroxylation is 2. The highest BCUT2D eigenvalue weighted by molar-refractivity contribution is 5.85. The van der Waals surface area contributed by atoms with Gasteiger partial charge in [0.05, 0.1) is 0 Å². The summed E-state index contributed by atoms with van der Waals surface area (Å²) in [5.74, 6) is 2.77. The second-order valence-corrected chi connectivity index (χ2v) is 17.5. The van der Waals surface area contributed by atoms with Gasteiger partial charge in [0.15, 0.2) is 0 Å². The van der Waals surface area contributed by atoms with Crippen LogP contribution in [-0.2, 0) is 23.7 Å².